The highest BCUT2D eigenvalue weighted by atomic mass is 32.2. The molecule has 1 aliphatic rings. The number of benzene rings is 1. The molecule has 1 aromatic carbocycles. The molecular weight excluding hydrogens is 262 g/mol. The molecule has 0 fully saturated rings. The first kappa shape index (κ1) is 13.8. The Bertz CT molecular complexity index is 613. The fraction of sp³-hybridized carbons (Fsp3) is 0.357. The Kier molecular flexibility index (Phi) is 4.04. The molecular formula is C14H17NO3S. The van der Waals surface area contributed by atoms with Gasteiger partial charge in [0.2, 0.25) is 0 Å². The van der Waals surface area contributed by atoms with Gasteiger partial charge in [0.15, 0.2) is 9.84 Å². The maximum absolute atomic E-state index is 11.4. The SMILES string of the molecule is CON=CC1=C(c2ccc(S(C)(=O)=O)cc2)CCC1. The van der Waals surface area contributed by atoms with Gasteiger partial charge in [-0.2, -0.15) is 0 Å². The summed E-state index contributed by atoms with van der Waals surface area (Å²) in [7, 11) is -1.61. The van der Waals surface area contributed by atoms with E-state index >= 15 is 0 Å². The van der Waals surface area contributed by atoms with Gasteiger partial charge in [0.05, 0.1) is 11.1 Å². The third-order valence-corrected chi connectivity index (χ3v) is 4.33. The summed E-state index contributed by atoms with van der Waals surface area (Å²) in [5, 5.41) is 3.81. The topological polar surface area (TPSA) is 55.7 Å². The van der Waals surface area contributed by atoms with Gasteiger partial charge in [-0.1, -0.05) is 17.3 Å². The van der Waals surface area contributed by atoms with Crippen LogP contribution in [-0.4, -0.2) is 28.0 Å². The van der Waals surface area contributed by atoms with Crippen LogP contribution < -0.4 is 0 Å². The van der Waals surface area contributed by atoms with E-state index in [0.29, 0.717) is 4.90 Å². The van der Waals surface area contributed by atoms with Crippen LogP contribution in [0.25, 0.3) is 5.57 Å². The summed E-state index contributed by atoms with van der Waals surface area (Å²) < 4.78 is 22.8. The molecule has 0 radical (unpaired) electrons. The fourth-order valence-electron chi connectivity index (χ4n) is 2.26. The zero-order valence-corrected chi connectivity index (χ0v) is 11.9. The number of sulfone groups is 1. The molecule has 1 aliphatic carbocycles. The highest BCUT2D eigenvalue weighted by Crippen LogP contribution is 2.33. The van der Waals surface area contributed by atoms with Gasteiger partial charge in [-0.25, -0.2) is 8.42 Å². The zero-order valence-electron chi connectivity index (χ0n) is 11.1. The van der Waals surface area contributed by atoms with E-state index in [4.69, 9.17) is 4.84 Å². The molecule has 0 aromatic heterocycles. The summed E-state index contributed by atoms with van der Waals surface area (Å²) >= 11 is 0. The van der Waals surface area contributed by atoms with Crippen molar-refractivity contribution in [2.75, 3.05) is 13.4 Å². The van der Waals surface area contributed by atoms with Crippen molar-refractivity contribution in [1.29, 1.82) is 0 Å². The maximum atomic E-state index is 11.4. The average Bonchev–Trinajstić information content (AvgIpc) is 2.83. The molecule has 1 aromatic rings. The highest BCUT2D eigenvalue weighted by Gasteiger charge is 2.15. The molecule has 102 valence electrons. The highest BCUT2D eigenvalue weighted by molar-refractivity contribution is 7.90. The van der Waals surface area contributed by atoms with Gasteiger partial charge in [-0.3, -0.25) is 0 Å². The van der Waals surface area contributed by atoms with Crippen LogP contribution in [0.1, 0.15) is 24.8 Å². The molecule has 0 saturated carbocycles. The molecule has 0 spiro atoms. The molecule has 0 aliphatic heterocycles. The van der Waals surface area contributed by atoms with Crippen LogP contribution in [0.4, 0.5) is 0 Å². The van der Waals surface area contributed by atoms with E-state index in [1.807, 2.05) is 12.1 Å². The van der Waals surface area contributed by atoms with Crippen LogP contribution in [0, 0.1) is 0 Å². The molecule has 0 unspecified atom stereocenters. The van der Waals surface area contributed by atoms with Crippen molar-refractivity contribution >= 4 is 21.6 Å². The first-order chi connectivity index (χ1) is 9.02. The molecule has 0 heterocycles. The molecule has 5 heteroatoms. The van der Waals surface area contributed by atoms with Crippen LogP contribution in [0.3, 0.4) is 0 Å². The molecule has 19 heavy (non-hydrogen) atoms. The van der Waals surface area contributed by atoms with Crippen molar-refractivity contribution < 1.29 is 13.3 Å². The molecule has 0 bridgehead atoms. The van der Waals surface area contributed by atoms with Gasteiger partial charge in [0.25, 0.3) is 0 Å². The minimum Gasteiger partial charge on any atom is -0.399 e. The number of hydrogen-bond donors (Lipinski definition) is 0. The van der Waals surface area contributed by atoms with Crippen molar-refractivity contribution in [3.05, 3.63) is 35.4 Å². The number of allylic oxidation sites excluding steroid dienone is 2. The van der Waals surface area contributed by atoms with Crippen molar-refractivity contribution in [1.82, 2.24) is 0 Å². The molecule has 0 N–H and O–H groups in total. The lowest BCUT2D eigenvalue weighted by molar-refractivity contribution is 0.215. The number of hydrogen-bond acceptors (Lipinski definition) is 4. The average molecular weight is 279 g/mol. The first-order valence-corrected chi connectivity index (χ1v) is 8.00. The molecule has 0 amide bonds. The predicted molar refractivity (Wildman–Crippen MR) is 75.8 cm³/mol. The second-order valence-corrected chi connectivity index (χ2v) is 6.59. The Morgan fingerprint density at radius 2 is 1.89 bits per heavy atom. The van der Waals surface area contributed by atoms with Crippen molar-refractivity contribution in [3.8, 4) is 0 Å². The molecule has 0 saturated heterocycles. The summed E-state index contributed by atoms with van der Waals surface area (Å²) in [4.78, 5) is 5.06. The summed E-state index contributed by atoms with van der Waals surface area (Å²) in [6, 6.07) is 7.03. The van der Waals surface area contributed by atoms with E-state index in [0.717, 1.165) is 30.4 Å². The Hall–Kier alpha value is -1.62. The lowest BCUT2D eigenvalue weighted by atomic mass is 10.0. The standard InChI is InChI=1S/C14H17NO3S/c1-18-15-10-12-4-3-5-14(12)11-6-8-13(9-7-11)19(2,16)17/h6-10H,3-5H2,1-2H3. The van der Waals surface area contributed by atoms with Gasteiger partial charge in [-0.15, -0.1) is 0 Å². The molecule has 0 atom stereocenters. The number of nitrogens with zero attached hydrogens (tertiary/aromatic N) is 1. The van der Waals surface area contributed by atoms with Crippen LogP contribution in [0.15, 0.2) is 39.9 Å². The Labute approximate surface area is 113 Å². The quantitative estimate of drug-likeness (QED) is 0.629. The van der Waals surface area contributed by atoms with Gasteiger partial charge < -0.3 is 4.84 Å². The van der Waals surface area contributed by atoms with Gasteiger partial charge in [-0.05, 0) is 48.1 Å². The smallest absolute Gasteiger partial charge is 0.175 e. The lowest BCUT2D eigenvalue weighted by Crippen LogP contribution is -1.97. The van der Waals surface area contributed by atoms with E-state index in [2.05, 4.69) is 5.16 Å². The molecule has 2 rings (SSSR count). The number of rotatable bonds is 4. The van der Waals surface area contributed by atoms with Gasteiger partial charge in [0, 0.05) is 6.26 Å². The Morgan fingerprint density at radius 3 is 2.47 bits per heavy atom. The van der Waals surface area contributed by atoms with Crippen LogP contribution in [0.2, 0.25) is 0 Å². The first-order valence-electron chi connectivity index (χ1n) is 6.11. The number of oxime groups is 1. The summed E-state index contributed by atoms with van der Waals surface area (Å²) in [5.41, 5.74) is 3.44. The monoisotopic (exact) mass is 279 g/mol. The largest absolute Gasteiger partial charge is 0.399 e. The van der Waals surface area contributed by atoms with E-state index in [9.17, 15) is 8.42 Å². The second kappa shape index (κ2) is 5.57. The van der Waals surface area contributed by atoms with Crippen LogP contribution >= 0.6 is 0 Å². The minimum atomic E-state index is -3.13. The van der Waals surface area contributed by atoms with Crippen LogP contribution in [0.5, 0.6) is 0 Å². The molecule has 4 nitrogen and oxygen atoms in total. The predicted octanol–water partition coefficient (Wildman–Crippen LogP) is 2.66. The van der Waals surface area contributed by atoms with E-state index in [-0.39, 0.29) is 0 Å². The van der Waals surface area contributed by atoms with Crippen molar-refractivity contribution in [2.45, 2.75) is 24.2 Å². The second-order valence-electron chi connectivity index (χ2n) is 4.57. The summed E-state index contributed by atoms with van der Waals surface area (Å²) in [6.07, 6.45) is 6.02. The summed E-state index contributed by atoms with van der Waals surface area (Å²) in [5.74, 6) is 0. The van der Waals surface area contributed by atoms with Crippen molar-refractivity contribution in [3.63, 3.8) is 0 Å². The fourth-order valence-corrected chi connectivity index (χ4v) is 2.89. The van der Waals surface area contributed by atoms with Gasteiger partial charge in [0.1, 0.15) is 7.11 Å². The van der Waals surface area contributed by atoms with E-state index in [1.54, 1.807) is 18.3 Å². The zero-order chi connectivity index (χ0) is 13.9. The Balaban J connectivity index is 2.34. The maximum Gasteiger partial charge on any atom is 0.175 e. The minimum absolute atomic E-state index is 0.349. The van der Waals surface area contributed by atoms with Crippen LogP contribution in [-0.2, 0) is 14.7 Å². The third kappa shape index (κ3) is 3.23. The van der Waals surface area contributed by atoms with E-state index in [1.165, 1.54) is 18.9 Å². The Morgan fingerprint density at radius 1 is 1.21 bits per heavy atom. The summed E-state index contributed by atoms with van der Waals surface area (Å²) in [6.45, 7) is 0. The van der Waals surface area contributed by atoms with E-state index < -0.39 is 9.84 Å². The normalized spacial score (nSPS) is 16.3. The van der Waals surface area contributed by atoms with Crippen molar-refractivity contribution in [2.24, 2.45) is 5.16 Å². The van der Waals surface area contributed by atoms with Gasteiger partial charge >= 0.3 is 0 Å². The lowest BCUT2D eigenvalue weighted by Gasteiger charge is -2.05. The third-order valence-electron chi connectivity index (χ3n) is 3.21.